The third kappa shape index (κ3) is 3.23. The maximum atomic E-state index is 13.9. The second-order valence-electron chi connectivity index (χ2n) is 6.28. The molecule has 23 heavy (non-hydrogen) atoms. The van der Waals surface area contributed by atoms with Crippen LogP contribution in [0, 0.1) is 14.9 Å². The lowest BCUT2D eigenvalue weighted by Crippen LogP contribution is -2.31. The second kappa shape index (κ2) is 6.16. The number of hydrogen-bond donors (Lipinski definition) is 2. The van der Waals surface area contributed by atoms with Crippen molar-refractivity contribution in [3.8, 4) is 0 Å². The highest BCUT2D eigenvalue weighted by Crippen LogP contribution is 2.32. The molecule has 1 atom stereocenters. The lowest BCUT2D eigenvalue weighted by atomic mass is 9.86. The van der Waals surface area contributed by atoms with Gasteiger partial charge in [0, 0.05) is 6.20 Å². The van der Waals surface area contributed by atoms with Gasteiger partial charge < -0.3 is 14.8 Å². The van der Waals surface area contributed by atoms with E-state index in [9.17, 15) is 24.2 Å². The standard InChI is InChI=1S/C15H16FIN2O4/c1-15(2,3)10(6-20)19-5-8(14(22)23)11(21)7-4-9(17)12(16)18-13(7)19/h4-5,10,20H,6H2,1-3H3,(H,22,23). The summed E-state index contributed by atoms with van der Waals surface area (Å²) in [5.74, 6) is -2.13. The first kappa shape index (κ1) is 17.8. The Bertz CT molecular complexity index is 842. The number of carboxylic acid groups (broad SMARTS) is 1. The molecule has 2 aromatic heterocycles. The van der Waals surface area contributed by atoms with E-state index in [-0.39, 0.29) is 21.2 Å². The fraction of sp³-hybridized carbons (Fsp3) is 0.400. The number of halogens is 2. The molecule has 6 nitrogen and oxygen atoms in total. The van der Waals surface area contributed by atoms with E-state index >= 15 is 0 Å². The maximum absolute atomic E-state index is 13.9. The molecule has 2 rings (SSSR count). The zero-order chi connectivity index (χ0) is 17.5. The van der Waals surface area contributed by atoms with Gasteiger partial charge in [-0.15, -0.1) is 0 Å². The van der Waals surface area contributed by atoms with Crippen LogP contribution in [0.1, 0.15) is 37.2 Å². The number of aromatic carboxylic acids is 1. The molecule has 0 aliphatic carbocycles. The van der Waals surface area contributed by atoms with Crippen molar-refractivity contribution in [3.05, 3.63) is 37.6 Å². The van der Waals surface area contributed by atoms with Gasteiger partial charge in [-0.1, -0.05) is 20.8 Å². The number of carbonyl (C=O) groups is 1. The number of fused-ring (bicyclic) bond motifs is 1. The fourth-order valence-electron chi connectivity index (χ4n) is 2.39. The molecule has 8 heteroatoms. The summed E-state index contributed by atoms with van der Waals surface area (Å²) in [5.41, 5.74) is -1.61. The number of carboxylic acids is 1. The van der Waals surface area contributed by atoms with Crippen molar-refractivity contribution in [1.82, 2.24) is 9.55 Å². The van der Waals surface area contributed by atoms with Crippen LogP contribution in [0.2, 0.25) is 0 Å². The first-order valence-corrected chi connectivity index (χ1v) is 7.90. The van der Waals surface area contributed by atoms with E-state index in [0.717, 1.165) is 6.20 Å². The lowest BCUT2D eigenvalue weighted by Gasteiger charge is -2.32. The number of aliphatic hydroxyl groups is 1. The summed E-state index contributed by atoms with van der Waals surface area (Å²) in [7, 11) is 0. The highest BCUT2D eigenvalue weighted by molar-refractivity contribution is 14.1. The average molecular weight is 434 g/mol. The Morgan fingerprint density at radius 2 is 2.09 bits per heavy atom. The minimum atomic E-state index is -1.38. The monoisotopic (exact) mass is 434 g/mol. The first-order valence-electron chi connectivity index (χ1n) is 6.83. The molecule has 0 spiro atoms. The van der Waals surface area contributed by atoms with E-state index in [1.807, 2.05) is 20.8 Å². The third-order valence-electron chi connectivity index (χ3n) is 3.65. The molecule has 0 saturated heterocycles. The van der Waals surface area contributed by atoms with Gasteiger partial charge in [-0.25, -0.2) is 9.78 Å². The number of hydrogen-bond acceptors (Lipinski definition) is 4. The molecule has 124 valence electrons. The highest BCUT2D eigenvalue weighted by atomic mass is 127. The molecule has 0 saturated carbocycles. The van der Waals surface area contributed by atoms with E-state index in [2.05, 4.69) is 4.98 Å². The van der Waals surface area contributed by atoms with Gasteiger partial charge in [0.15, 0.2) is 0 Å². The summed E-state index contributed by atoms with van der Waals surface area (Å²) < 4.78 is 15.4. The first-order chi connectivity index (χ1) is 10.6. The van der Waals surface area contributed by atoms with E-state index in [1.165, 1.54) is 10.6 Å². The van der Waals surface area contributed by atoms with Crippen LogP contribution in [0.3, 0.4) is 0 Å². The quantitative estimate of drug-likeness (QED) is 0.572. The Balaban J connectivity index is 2.98. The van der Waals surface area contributed by atoms with Gasteiger partial charge in [-0.3, -0.25) is 4.79 Å². The molecule has 2 heterocycles. The Morgan fingerprint density at radius 3 is 2.57 bits per heavy atom. The Morgan fingerprint density at radius 1 is 1.48 bits per heavy atom. The van der Waals surface area contributed by atoms with Gasteiger partial charge in [0.1, 0.15) is 11.2 Å². The molecule has 1 unspecified atom stereocenters. The molecule has 0 aliphatic heterocycles. The van der Waals surface area contributed by atoms with Crippen LogP contribution in [0.25, 0.3) is 11.0 Å². The van der Waals surface area contributed by atoms with Crippen molar-refractivity contribution in [2.75, 3.05) is 6.61 Å². The molecular formula is C15H16FIN2O4. The predicted octanol–water partition coefficient (Wildman–Crippen LogP) is 2.42. The average Bonchev–Trinajstić information content (AvgIpc) is 2.42. The second-order valence-corrected chi connectivity index (χ2v) is 7.44. The molecule has 0 amide bonds. The topological polar surface area (TPSA) is 92.4 Å². The molecule has 0 aliphatic rings. The van der Waals surface area contributed by atoms with Crippen LogP contribution in [-0.2, 0) is 0 Å². The number of rotatable bonds is 3. The minimum Gasteiger partial charge on any atom is -0.477 e. The number of aromatic nitrogens is 2. The number of aliphatic hydroxyl groups excluding tert-OH is 1. The summed E-state index contributed by atoms with van der Waals surface area (Å²) >= 11 is 1.69. The fourth-order valence-corrected chi connectivity index (χ4v) is 2.83. The van der Waals surface area contributed by atoms with Crippen LogP contribution >= 0.6 is 22.6 Å². The van der Waals surface area contributed by atoms with Crippen LogP contribution in [0.4, 0.5) is 4.39 Å². The van der Waals surface area contributed by atoms with Crippen LogP contribution in [0.5, 0.6) is 0 Å². The van der Waals surface area contributed by atoms with Crippen LogP contribution in [-0.4, -0.2) is 32.3 Å². The van der Waals surface area contributed by atoms with Crippen molar-refractivity contribution in [1.29, 1.82) is 0 Å². The highest BCUT2D eigenvalue weighted by Gasteiger charge is 2.29. The molecular weight excluding hydrogens is 418 g/mol. The smallest absolute Gasteiger partial charge is 0.341 e. The van der Waals surface area contributed by atoms with Gasteiger partial charge in [-0.2, -0.15) is 4.39 Å². The van der Waals surface area contributed by atoms with Crippen molar-refractivity contribution in [2.45, 2.75) is 26.8 Å². The number of nitrogens with zero attached hydrogens (tertiary/aromatic N) is 2. The molecule has 0 radical (unpaired) electrons. The van der Waals surface area contributed by atoms with Gasteiger partial charge in [0.05, 0.1) is 21.6 Å². The molecule has 2 aromatic rings. The van der Waals surface area contributed by atoms with Gasteiger partial charge in [0.2, 0.25) is 11.4 Å². The summed E-state index contributed by atoms with van der Waals surface area (Å²) in [5, 5.41) is 19.0. The summed E-state index contributed by atoms with van der Waals surface area (Å²) in [6, 6.07) is 0.705. The normalized spacial score (nSPS) is 13.3. The third-order valence-corrected chi connectivity index (χ3v) is 4.41. The molecule has 0 aromatic carbocycles. The van der Waals surface area contributed by atoms with Crippen molar-refractivity contribution < 1.29 is 19.4 Å². The van der Waals surface area contributed by atoms with Gasteiger partial charge >= 0.3 is 5.97 Å². The largest absolute Gasteiger partial charge is 0.477 e. The Labute approximate surface area is 145 Å². The van der Waals surface area contributed by atoms with Crippen molar-refractivity contribution in [3.63, 3.8) is 0 Å². The Hall–Kier alpha value is -1.55. The van der Waals surface area contributed by atoms with Crippen LogP contribution < -0.4 is 5.43 Å². The zero-order valence-electron chi connectivity index (χ0n) is 12.8. The lowest BCUT2D eigenvalue weighted by molar-refractivity contribution is 0.0692. The summed E-state index contributed by atoms with van der Waals surface area (Å²) in [4.78, 5) is 27.5. The maximum Gasteiger partial charge on any atom is 0.341 e. The minimum absolute atomic E-state index is 0.0124. The van der Waals surface area contributed by atoms with Crippen LogP contribution in [0.15, 0.2) is 17.1 Å². The summed E-state index contributed by atoms with van der Waals surface area (Å²) in [6.45, 7) is 5.24. The molecule has 0 fully saturated rings. The van der Waals surface area contributed by atoms with Gasteiger partial charge in [0.25, 0.3) is 0 Å². The SMILES string of the molecule is CC(C)(C)C(CO)n1cc(C(=O)O)c(=O)c2cc(I)c(F)nc21. The van der Waals surface area contributed by atoms with E-state index in [4.69, 9.17) is 0 Å². The number of pyridine rings is 2. The van der Waals surface area contributed by atoms with E-state index in [1.54, 1.807) is 22.6 Å². The van der Waals surface area contributed by atoms with Crippen molar-refractivity contribution in [2.24, 2.45) is 5.41 Å². The van der Waals surface area contributed by atoms with E-state index in [0.29, 0.717) is 0 Å². The molecule has 2 N–H and O–H groups in total. The predicted molar refractivity (Wildman–Crippen MR) is 91.2 cm³/mol. The Kier molecular flexibility index (Phi) is 4.76. The van der Waals surface area contributed by atoms with Gasteiger partial charge in [-0.05, 0) is 34.1 Å². The molecule has 0 bridgehead atoms. The zero-order valence-corrected chi connectivity index (χ0v) is 15.0. The summed E-state index contributed by atoms with van der Waals surface area (Å²) in [6.07, 6.45) is 1.12. The van der Waals surface area contributed by atoms with Crippen molar-refractivity contribution >= 4 is 39.6 Å². The van der Waals surface area contributed by atoms with E-state index < -0.39 is 34.4 Å².